The maximum Gasteiger partial charge on any atom is 0.407 e. The molecule has 0 unspecified atom stereocenters. The van der Waals surface area contributed by atoms with Crippen LogP contribution in [0.4, 0.5) is 4.79 Å². The second-order valence-electron chi connectivity index (χ2n) is 5.10. The molecule has 0 saturated heterocycles. The minimum atomic E-state index is -0.550. The number of rotatable bonds is 6. The summed E-state index contributed by atoms with van der Waals surface area (Å²) in [5.41, 5.74) is 2.09. The van der Waals surface area contributed by atoms with Crippen LogP contribution in [0.5, 0.6) is 0 Å². The Morgan fingerprint density at radius 3 is 2.53 bits per heavy atom. The van der Waals surface area contributed by atoms with Crippen LogP contribution in [0.2, 0.25) is 0 Å². The molecule has 0 aromatic heterocycles. The summed E-state index contributed by atoms with van der Waals surface area (Å²) in [4.78, 5) is 22.7. The van der Waals surface area contributed by atoms with Crippen molar-refractivity contribution in [2.75, 3.05) is 7.11 Å². The zero-order chi connectivity index (χ0) is 14.9. The lowest BCUT2D eigenvalue weighted by atomic mass is 10.1. The van der Waals surface area contributed by atoms with Gasteiger partial charge in [0, 0.05) is 12.5 Å². The Labute approximate surface area is 114 Å². The fourth-order valence-electron chi connectivity index (χ4n) is 1.34. The quantitative estimate of drug-likeness (QED) is 0.594. The fraction of sp³-hybridized carbons (Fsp3) is 0.643. The number of ether oxygens (including phenoxy) is 2. The Balaban J connectivity index is 4.37. The van der Waals surface area contributed by atoms with Crippen LogP contribution in [0.1, 0.15) is 40.0 Å². The molecule has 0 aliphatic rings. The van der Waals surface area contributed by atoms with Gasteiger partial charge in [-0.05, 0) is 39.7 Å². The summed E-state index contributed by atoms with van der Waals surface area (Å²) in [5.74, 6) is -0.307. The molecule has 1 N–H and O–H groups in total. The lowest BCUT2D eigenvalue weighted by Gasteiger charge is -2.22. The van der Waals surface area contributed by atoms with E-state index in [1.54, 1.807) is 26.8 Å². The van der Waals surface area contributed by atoms with E-state index in [2.05, 4.69) is 22.4 Å². The van der Waals surface area contributed by atoms with Crippen molar-refractivity contribution in [1.29, 1.82) is 0 Å². The van der Waals surface area contributed by atoms with Crippen molar-refractivity contribution in [2.24, 2.45) is 0 Å². The molecule has 0 aromatic rings. The van der Waals surface area contributed by atoms with Crippen LogP contribution in [0, 0.1) is 0 Å². The van der Waals surface area contributed by atoms with Gasteiger partial charge in [0.25, 0.3) is 0 Å². The molecule has 0 rings (SSSR count). The van der Waals surface area contributed by atoms with E-state index >= 15 is 0 Å². The largest absolute Gasteiger partial charge is 0.469 e. The highest BCUT2D eigenvalue weighted by Crippen LogP contribution is 2.09. The third-order valence-electron chi connectivity index (χ3n) is 2.19. The second-order valence-corrected chi connectivity index (χ2v) is 5.10. The molecular weight excluding hydrogens is 246 g/mol. The Kier molecular flexibility index (Phi) is 7.61. The predicted octanol–water partition coefficient (Wildman–Crippen LogP) is 2.56. The Hall–Kier alpha value is -1.74. The summed E-state index contributed by atoms with van der Waals surface area (Å²) in [6.07, 6.45) is 2.46. The van der Waals surface area contributed by atoms with Crippen LogP contribution in [-0.2, 0) is 14.3 Å². The smallest absolute Gasteiger partial charge is 0.407 e. The van der Waals surface area contributed by atoms with E-state index in [0.717, 1.165) is 0 Å². The maximum absolute atomic E-state index is 11.6. The number of hydrogen-bond acceptors (Lipinski definition) is 4. The van der Waals surface area contributed by atoms with E-state index in [9.17, 15) is 9.59 Å². The van der Waals surface area contributed by atoms with Gasteiger partial charge in [-0.25, -0.2) is 4.79 Å². The number of carbonyl (C=O) groups is 2. The molecule has 0 bridgehead atoms. The zero-order valence-electron chi connectivity index (χ0n) is 12.1. The van der Waals surface area contributed by atoms with Crippen LogP contribution in [0.25, 0.3) is 0 Å². The Morgan fingerprint density at radius 2 is 2.05 bits per heavy atom. The van der Waals surface area contributed by atoms with Crippen molar-refractivity contribution >= 4 is 12.1 Å². The van der Waals surface area contributed by atoms with Gasteiger partial charge < -0.3 is 14.8 Å². The van der Waals surface area contributed by atoms with E-state index in [1.807, 2.05) is 0 Å². The molecule has 5 heteroatoms. The van der Waals surface area contributed by atoms with E-state index in [-0.39, 0.29) is 18.4 Å². The normalized spacial score (nSPS) is 12.0. The van der Waals surface area contributed by atoms with Gasteiger partial charge in [0.1, 0.15) is 5.60 Å². The van der Waals surface area contributed by atoms with E-state index < -0.39 is 11.7 Å². The Morgan fingerprint density at radius 1 is 1.42 bits per heavy atom. The van der Waals surface area contributed by atoms with Crippen LogP contribution in [0.3, 0.4) is 0 Å². The summed E-state index contributed by atoms with van der Waals surface area (Å²) >= 11 is 0. The monoisotopic (exact) mass is 269 g/mol. The van der Waals surface area contributed by atoms with Gasteiger partial charge in [-0.15, -0.1) is 5.73 Å². The summed E-state index contributed by atoms with van der Waals surface area (Å²) in [7, 11) is 1.34. The van der Waals surface area contributed by atoms with Gasteiger partial charge in [-0.1, -0.05) is 6.58 Å². The molecule has 0 saturated carbocycles. The van der Waals surface area contributed by atoms with Crippen molar-refractivity contribution in [2.45, 2.75) is 51.7 Å². The van der Waals surface area contributed by atoms with Gasteiger partial charge in [0.2, 0.25) is 0 Å². The molecular formula is C14H23NO4. The molecule has 0 aromatic carbocycles. The van der Waals surface area contributed by atoms with Gasteiger partial charge in [0.15, 0.2) is 0 Å². The second kappa shape index (κ2) is 8.38. The lowest BCUT2D eigenvalue weighted by Crippen LogP contribution is -2.39. The third-order valence-corrected chi connectivity index (χ3v) is 2.19. The lowest BCUT2D eigenvalue weighted by molar-refractivity contribution is -0.140. The van der Waals surface area contributed by atoms with Crippen LogP contribution < -0.4 is 5.32 Å². The van der Waals surface area contributed by atoms with Crippen LogP contribution in [0.15, 0.2) is 18.4 Å². The molecule has 0 heterocycles. The van der Waals surface area contributed by atoms with Crippen molar-refractivity contribution in [3.05, 3.63) is 18.4 Å². The number of methoxy groups -OCH3 is 1. The molecule has 5 nitrogen and oxygen atoms in total. The van der Waals surface area contributed by atoms with Gasteiger partial charge in [0.05, 0.1) is 7.11 Å². The highest BCUT2D eigenvalue weighted by atomic mass is 16.6. The maximum atomic E-state index is 11.6. The number of alkyl carbamates (subject to hydrolysis) is 1. The van der Waals surface area contributed by atoms with Crippen LogP contribution in [-0.4, -0.2) is 30.8 Å². The molecule has 19 heavy (non-hydrogen) atoms. The number of amides is 1. The minimum Gasteiger partial charge on any atom is -0.469 e. The SMILES string of the molecule is C=C=CC[C@@H](CCC(=O)OC)NC(=O)OC(C)(C)C. The predicted molar refractivity (Wildman–Crippen MR) is 72.7 cm³/mol. The highest BCUT2D eigenvalue weighted by molar-refractivity contribution is 5.70. The van der Waals surface area contributed by atoms with E-state index in [4.69, 9.17) is 4.74 Å². The zero-order valence-corrected chi connectivity index (χ0v) is 12.1. The third kappa shape index (κ3) is 9.92. The number of hydrogen-bond donors (Lipinski definition) is 1. The molecule has 0 radical (unpaired) electrons. The average Bonchev–Trinajstić information content (AvgIpc) is 2.29. The summed E-state index contributed by atoms with van der Waals surface area (Å²) in [5, 5.41) is 2.72. The number of esters is 1. The summed E-state index contributed by atoms with van der Waals surface area (Å²) in [6.45, 7) is 8.84. The molecule has 0 fully saturated rings. The first kappa shape index (κ1) is 17.3. The first-order valence-corrected chi connectivity index (χ1v) is 6.19. The molecule has 1 amide bonds. The summed E-state index contributed by atoms with van der Waals surface area (Å²) in [6, 6.07) is -0.205. The van der Waals surface area contributed by atoms with Gasteiger partial charge >= 0.3 is 12.1 Å². The molecule has 0 aliphatic heterocycles. The fourth-order valence-corrected chi connectivity index (χ4v) is 1.34. The molecule has 0 aliphatic carbocycles. The molecule has 0 spiro atoms. The average molecular weight is 269 g/mol. The Bertz CT molecular complexity index is 351. The van der Waals surface area contributed by atoms with Gasteiger partial charge in [-0.2, -0.15) is 0 Å². The molecule has 1 atom stereocenters. The highest BCUT2D eigenvalue weighted by Gasteiger charge is 2.19. The van der Waals surface area contributed by atoms with Crippen molar-refractivity contribution in [3.8, 4) is 0 Å². The number of carbonyl (C=O) groups excluding carboxylic acids is 2. The first-order valence-electron chi connectivity index (χ1n) is 6.19. The van der Waals surface area contributed by atoms with Gasteiger partial charge in [-0.3, -0.25) is 4.79 Å². The summed E-state index contributed by atoms with van der Waals surface area (Å²) < 4.78 is 9.73. The standard InChI is InChI=1S/C14H23NO4/c1-6-7-8-11(9-10-12(16)18-5)15-13(17)19-14(2,3)4/h7,11H,1,8-10H2,2-5H3,(H,15,17)/t11-/m0/s1. The van der Waals surface area contributed by atoms with E-state index in [0.29, 0.717) is 12.8 Å². The number of nitrogens with one attached hydrogen (secondary N) is 1. The minimum absolute atomic E-state index is 0.205. The van der Waals surface area contributed by atoms with Crippen molar-refractivity contribution in [1.82, 2.24) is 5.32 Å². The van der Waals surface area contributed by atoms with Crippen LogP contribution >= 0.6 is 0 Å². The van der Waals surface area contributed by atoms with Crippen molar-refractivity contribution in [3.63, 3.8) is 0 Å². The van der Waals surface area contributed by atoms with E-state index in [1.165, 1.54) is 7.11 Å². The van der Waals surface area contributed by atoms with Crippen molar-refractivity contribution < 1.29 is 19.1 Å². The topological polar surface area (TPSA) is 64.6 Å². The molecule has 108 valence electrons. The first-order chi connectivity index (χ1) is 8.78.